The zero-order valence-electron chi connectivity index (χ0n) is 9.83. The number of hydrogen-bond donors (Lipinski definition) is 0. The van der Waals surface area contributed by atoms with E-state index in [1.165, 1.54) is 24.6 Å². The van der Waals surface area contributed by atoms with Crippen molar-refractivity contribution in [2.24, 2.45) is 0 Å². The third-order valence-corrected chi connectivity index (χ3v) is 10.3. The quantitative estimate of drug-likeness (QED) is 0.432. The van der Waals surface area contributed by atoms with Gasteiger partial charge in [-0.25, -0.2) is 0 Å². The lowest BCUT2D eigenvalue weighted by Gasteiger charge is -2.13. The van der Waals surface area contributed by atoms with Crippen LogP contribution in [-0.2, 0) is 9.59 Å². The van der Waals surface area contributed by atoms with Gasteiger partial charge in [-0.1, -0.05) is 0 Å². The predicted molar refractivity (Wildman–Crippen MR) is 83.5 cm³/mol. The van der Waals surface area contributed by atoms with Crippen LogP contribution in [-0.4, -0.2) is 11.9 Å². The minimum atomic E-state index is -0.448. The van der Waals surface area contributed by atoms with E-state index in [0.717, 1.165) is 9.79 Å². The molecule has 0 aliphatic carbocycles. The molecule has 0 fully saturated rings. The molecule has 0 aromatic heterocycles. The molecule has 4 nitrogen and oxygen atoms in total. The summed E-state index contributed by atoms with van der Waals surface area (Å²) in [7, 11) is 7.91. The average Bonchev–Trinajstić information content (AvgIpc) is 2.56. The standard InChI is InChI=1S/C10H8O4S5/c1-5(11)13-7-3-4-8-10(9(7)14-6(2)12)16-18-19-17-15-8/h3-4H,1-2H3. The molecular formula is C10H8O4S5. The molecular weight excluding hydrogens is 344 g/mol. The van der Waals surface area contributed by atoms with Crippen LogP contribution in [0, 0.1) is 0 Å². The number of carbonyl (C=O) groups is 2. The molecule has 1 aliphatic rings. The Morgan fingerprint density at radius 3 is 2.32 bits per heavy atom. The first-order valence-electron chi connectivity index (χ1n) is 4.96. The molecule has 1 aromatic carbocycles. The van der Waals surface area contributed by atoms with Crippen LogP contribution in [0.1, 0.15) is 13.8 Å². The van der Waals surface area contributed by atoms with Crippen LogP contribution in [0.5, 0.6) is 11.5 Å². The Balaban J connectivity index is 2.46. The van der Waals surface area contributed by atoms with E-state index in [4.69, 9.17) is 9.47 Å². The summed E-state index contributed by atoms with van der Waals surface area (Å²) >= 11 is 0. The summed E-state index contributed by atoms with van der Waals surface area (Å²) in [5.41, 5.74) is 0. The molecule has 0 N–H and O–H groups in total. The Morgan fingerprint density at radius 1 is 0.947 bits per heavy atom. The van der Waals surface area contributed by atoms with Crippen molar-refractivity contribution < 1.29 is 19.1 Å². The molecule has 0 unspecified atom stereocenters. The molecule has 2 rings (SSSR count). The Morgan fingerprint density at radius 2 is 1.63 bits per heavy atom. The van der Waals surface area contributed by atoms with Gasteiger partial charge >= 0.3 is 11.9 Å². The van der Waals surface area contributed by atoms with Gasteiger partial charge in [0.2, 0.25) is 0 Å². The second kappa shape index (κ2) is 7.07. The number of hydrogen-bond acceptors (Lipinski definition) is 9. The summed E-state index contributed by atoms with van der Waals surface area (Å²) in [5.74, 6) is -0.307. The van der Waals surface area contributed by atoms with Gasteiger partial charge in [0, 0.05) is 18.7 Å². The average molecular weight is 353 g/mol. The first kappa shape index (κ1) is 15.3. The molecule has 0 atom stereocenters. The van der Waals surface area contributed by atoms with Gasteiger partial charge in [-0.15, -0.1) is 0 Å². The molecule has 0 saturated heterocycles. The fourth-order valence-electron chi connectivity index (χ4n) is 1.26. The molecule has 19 heavy (non-hydrogen) atoms. The Hall–Kier alpha value is -0.0900. The molecule has 102 valence electrons. The SMILES string of the molecule is CC(=O)Oc1ccc2c(c1OC(C)=O)SSSSS2. The Bertz CT molecular complexity index is 519. The summed E-state index contributed by atoms with van der Waals surface area (Å²) in [4.78, 5) is 24.1. The Kier molecular flexibility index (Phi) is 5.70. The number of fused-ring (bicyclic) bond motifs is 1. The van der Waals surface area contributed by atoms with Gasteiger partial charge in [0.25, 0.3) is 0 Å². The van der Waals surface area contributed by atoms with Crippen LogP contribution in [0.3, 0.4) is 0 Å². The lowest BCUT2D eigenvalue weighted by Crippen LogP contribution is -2.08. The maximum Gasteiger partial charge on any atom is 0.308 e. The number of ether oxygens (including phenoxy) is 2. The highest BCUT2D eigenvalue weighted by molar-refractivity contribution is 9.36. The normalized spacial score (nSPS) is 14.2. The maximum absolute atomic E-state index is 11.2. The largest absolute Gasteiger partial charge is 0.423 e. The third kappa shape index (κ3) is 4.19. The predicted octanol–water partition coefficient (Wildman–Crippen LogP) is 4.59. The lowest BCUT2D eigenvalue weighted by molar-refractivity contribution is -0.134. The van der Waals surface area contributed by atoms with Crippen molar-refractivity contribution >= 4 is 63.0 Å². The molecule has 1 aromatic rings. The highest BCUT2D eigenvalue weighted by Crippen LogP contribution is 2.62. The molecule has 0 saturated carbocycles. The molecule has 0 bridgehead atoms. The first-order chi connectivity index (χ1) is 9.08. The van der Waals surface area contributed by atoms with E-state index in [1.807, 2.05) is 6.07 Å². The summed E-state index contributed by atoms with van der Waals surface area (Å²) in [6, 6.07) is 3.50. The zero-order valence-corrected chi connectivity index (χ0v) is 13.9. The van der Waals surface area contributed by atoms with Crippen molar-refractivity contribution in [3.63, 3.8) is 0 Å². The summed E-state index contributed by atoms with van der Waals surface area (Å²) < 4.78 is 10.3. The second-order valence-electron chi connectivity index (χ2n) is 3.28. The number of benzene rings is 1. The van der Waals surface area contributed by atoms with Crippen LogP contribution in [0.4, 0.5) is 0 Å². The number of rotatable bonds is 2. The number of carbonyl (C=O) groups excluding carboxylic acids is 2. The number of esters is 2. The van der Waals surface area contributed by atoms with Gasteiger partial charge in [0.1, 0.15) is 0 Å². The highest BCUT2D eigenvalue weighted by atomic mass is 33.8. The fourth-order valence-corrected chi connectivity index (χ4v) is 10.2. The molecule has 9 heteroatoms. The molecule has 1 aliphatic heterocycles. The van der Waals surface area contributed by atoms with Crippen molar-refractivity contribution in [2.45, 2.75) is 23.6 Å². The van der Waals surface area contributed by atoms with E-state index in [-0.39, 0.29) is 5.75 Å². The zero-order chi connectivity index (χ0) is 13.8. The lowest BCUT2D eigenvalue weighted by atomic mass is 10.3. The summed E-state index contributed by atoms with van der Waals surface area (Å²) in [6.45, 7) is 2.63. The second-order valence-corrected chi connectivity index (χ2v) is 10.8. The van der Waals surface area contributed by atoms with E-state index in [1.54, 1.807) is 46.3 Å². The molecule has 0 amide bonds. The molecule has 1 heterocycles. The maximum atomic E-state index is 11.2. The van der Waals surface area contributed by atoms with Crippen LogP contribution in [0.25, 0.3) is 0 Å². The van der Waals surface area contributed by atoms with Crippen molar-refractivity contribution in [2.75, 3.05) is 0 Å². The third-order valence-electron chi connectivity index (χ3n) is 1.84. The van der Waals surface area contributed by atoms with Gasteiger partial charge in [-0.05, 0) is 63.2 Å². The topological polar surface area (TPSA) is 52.6 Å². The van der Waals surface area contributed by atoms with E-state index in [9.17, 15) is 9.59 Å². The van der Waals surface area contributed by atoms with Crippen LogP contribution >= 0.6 is 51.1 Å². The minimum absolute atomic E-state index is 0.270. The smallest absolute Gasteiger partial charge is 0.308 e. The van der Waals surface area contributed by atoms with Crippen molar-refractivity contribution in [3.05, 3.63) is 12.1 Å². The van der Waals surface area contributed by atoms with E-state index in [0.29, 0.717) is 5.75 Å². The minimum Gasteiger partial charge on any atom is -0.423 e. The van der Waals surface area contributed by atoms with E-state index >= 15 is 0 Å². The Labute approximate surface area is 129 Å². The molecule has 0 radical (unpaired) electrons. The van der Waals surface area contributed by atoms with E-state index in [2.05, 4.69) is 0 Å². The highest BCUT2D eigenvalue weighted by Gasteiger charge is 2.22. The van der Waals surface area contributed by atoms with Crippen molar-refractivity contribution in [1.82, 2.24) is 0 Å². The van der Waals surface area contributed by atoms with Gasteiger partial charge in [-0.3, -0.25) is 9.59 Å². The summed E-state index contributed by atoms with van der Waals surface area (Å²) in [5, 5.41) is 0. The molecule has 0 spiro atoms. The monoisotopic (exact) mass is 352 g/mol. The van der Waals surface area contributed by atoms with E-state index < -0.39 is 11.9 Å². The summed E-state index contributed by atoms with van der Waals surface area (Å²) in [6.07, 6.45) is 0. The van der Waals surface area contributed by atoms with Gasteiger partial charge in [0.05, 0.1) is 4.90 Å². The van der Waals surface area contributed by atoms with Crippen molar-refractivity contribution in [1.29, 1.82) is 0 Å². The van der Waals surface area contributed by atoms with Crippen LogP contribution in [0.2, 0.25) is 0 Å². The fraction of sp³-hybridized carbons (Fsp3) is 0.200. The first-order valence-corrected chi connectivity index (χ1v) is 11.1. The van der Waals surface area contributed by atoms with Gasteiger partial charge < -0.3 is 9.47 Å². The van der Waals surface area contributed by atoms with Crippen molar-refractivity contribution in [3.8, 4) is 11.5 Å². The van der Waals surface area contributed by atoms with Crippen LogP contribution in [0.15, 0.2) is 21.9 Å². The van der Waals surface area contributed by atoms with Crippen LogP contribution < -0.4 is 9.47 Å². The van der Waals surface area contributed by atoms with Gasteiger partial charge in [-0.2, -0.15) is 0 Å². The van der Waals surface area contributed by atoms with Gasteiger partial charge in [0.15, 0.2) is 11.5 Å².